The molecule has 0 bridgehead atoms. The fraction of sp³-hybridized carbons (Fsp3) is 0.538. The molecule has 0 saturated carbocycles. The Morgan fingerprint density at radius 3 is 1.88 bits per heavy atom. The average Bonchev–Trinajstić information content (AvgIpc) is 2.27. The number of aryl methyl sites for hydroxylation is 1. The van der Waals surface area contributed by atoms with Crippen LogP contribution in [0.4, 0.5) is 0 Å². The summed E-state index contributed by atoms with van der Waals surface area (Å²) >= 11 is 0. The van der Waals surface area contributed by atoms with E-state index in [2.05, 4.69) is 13.8 Å². The summed E-state index contributed by atoms with van der Waals surface area (Å²) in [4.78, 5) is 0. The molecule has 0 aliphatic rings. The Labute approximate surface area is 97.3 Å². The van der Waals surface area contributed by atoms with Crippen molar-refractivity contribution in [2.75, 3.05) is 21.3 Å². The van der Waals surface area contributed by atoms with Gasteiger partial charge in [-0.1, -0.05) is 13.8 Å². The molecule has 90 valence electrons. The normalized spacial score (nSPS) is 10.4. The fourth-order valence-electron chi connectivity index (χ4n) is 1.93. The smallest absolute Gasteiger partial charge is 0.167 e. The van der Waals surface area contributed by atoms with Crippen LogP contribution in [-0.2, 0) is 0 Å². The summed E-state index contributed by atoms with van der Waals surface area (Å²) in [7, 11) is 4.98. The predicted molar refractivity (Wildman–Crippen MR) is 64.9 cm³/mol. The van der Waals surface area contributed by atoms with Crippen molar-refractivity contribution in [2.24, 2.45) is 0 Å². The van der Waals surface area contributed by atoms with Crippen molar-refractivity contribution in [2.45, 2.75) is 26.7 Å². The lowest BCUT2D eigenvalue weighted by Crippen LogP contribution is -2.03. The van der Waals surface area contributed by atoms with Crippen LogP contribution in [0.25, 0.3) is 0 Å². The largest absolute Gasteiger partial charge is 0.496 e. The number of ether oxygens (including phenoxy) is 3. The molecule has 0 aliphatic heterocycles. The van der Waals surface area contributed by atoms with Crippen LogP contribution in [-0.4, -0.2) is 21.3 Å². The Morgan fingerprint density at radius 1 is 0.938 bits per heavy atom. The lowest BCUT2D eigenvalue weighted by Gasteiger charge is -2.20. The maximum absolute atomic E-state index is 5.44. The Hall–Kier alpha value is -1.38. The van der Waals surface area contributed by atoms with Crippen molar-refractivity contribution in [3.8, 4) is 17.2 Å². The van der Waals surface area contributed by atoms with Gasteiger partial charge in [0.05, 0.1) is 21.3 Å². The van der Waals surface area contributed by atoms with Crippen molar-refractivity contribution in [3.05, 3.63) is 17.2 Å². The van der Waals surface area contributed by atoms with E-state index in [1.165, 1.54) is 0 Å². The van der Waals surface area contributed by atoms with E-state index in [0.29, 0.717) is 5.92 Å². The first-order valence-corrected chi connectivity index (χ1v) is 5.36. The van der Waals surface area contributed by atoms with Crippen LogP contribution in [0.2, 0.25) is 0 Å². The maximum atomic E-state index is 5.44. The van der Waals surface area contributed by atoms with Gasteiger partial charge in [0.25, 0.3) is 0 Å². The highest BCUT2D eigenvalue weighted by molar-refractivity contribution is 5.59. The van der Waals surface area contributed by atoms with E-state index in [9.17, 15) is 0 Å². The highest BCUT2D eigenvalue weighted by Crippen LogP contribution is 2.43. The van der Waals surface area contributed by atoms with Crippen LogP contribution in [0.3, 0.4) is 0 Å². The molecule has 0 amide bonds. The molecule has 1 rings (SSSR count). The van der Waals surface area contributed by atoms with Gasteiger partial charge in [0.15, 0.2) is 11.5 Å². The SMILES string of the molecule is COc1cc(C)c(OC)c(C(C)C)c1OC. The highest BCUT2D eigenvalue weighted by atomic mass is 16.5. The van der Waals surface area contributed by atoms with Gasteiger partial charge in [-0.3, -0.25) is 0 Å². The predicted octanol–water partition coefficient (Wildman–Crippen LogP) is 3.14. The molecule has 3 heteroatoms. The lowest BCUT2D eigenvalue weighted by atomic mass is 9.97. The Balaban J connectivity index is 3.53. The van der Waals surface area contributed by atoms with Gasteiger partial charge in [0.2, 0.25) is 0 Å². The number of benzene rings is 1. The number of hydrogen-bond donors (Lipinski definition) is 0. The van der Waals surface area contributed by atoms with Crippen molar-refractivity contribution >= 4 is 0 Å². The number of rotatable bonds is 4. The second-order valence-electron chi connectivity index (χ2n) is 4.03. The summed E-state index contributed by atoms with van der Waals surface area (Å²) in [6, 6.07) is 1.93. The Bertz CT molecular complexity index is 370. The first-order valence-electron chi connectivity index (χ1n) is 5.36. The molecule has 0 N–H and O–H groups in total. The third-order valence-electron chi connectivity index (χ3n) is 2.62. The highest BCUT2D eigenvalue weighted by Gasteiger charge is 2.20. The Kier molecular flexibility index (Phi) is 4.05. The van der Waals surface area contributed by atoms with E-state index in [0.717, 1.165) is 28.4 Å². The van der Waals surface area contributed by atoms with Gasteiger partial charge in [-0.05, 0) is 24.5 Å². The summed E-state index contributed by atoms with van der Waals surface area (Å²) in [5, 5.41) is 0. The molecule has 0 fully saturated rings. The molecular weight excluding hydrogens is 204 g/mol. The van der Waals surface area contributed by atoms with Gasteiger partial charge in [0.1, 0.15) is 5.75 Å². The molecule has 0 unspecified atom stereocenters. The topological polar surface area (TPSA) is 27.7 Å². The van der Waals surface area contributed by atoms with Gasteiger partial charge < -0.3 is 14.2 Å². The van der Waals surface area contributed by atoms with Gasteiger partial charge in [0, 0.05) is 5.56 Å². The fourth-order valence-corrected chi connectivity index (χ4v) is 1.93. The number of methoxy groups -OCH3 is 3. The summed E-state index contributed by atoms with van der Waals surface area (Å²) in [5.74, 6) is 2.72. The molecule has 0 atom stereocenters. The second kappa shape index (κ2) is 5.10. The van der Waals surface area contributed by atoms with E-state index >= 15 is 0 Å². The van der Waals surface area contributed by atoms with Gasteiger partial charge in [-0.2, -0.15) is 0 Å². The van der Waals surface area contributed by atoms with E-state index in [-0.39, 0.29) is 0 Å². The van der Waals surface area contributed by atoms with Crippen molar-refractivity contribution in [1.29, 1.82) is 0 Å². The third-order valence-corrected chi connectivity index (χ3v) is 2.62. The van der Waals surface area contributed by atoms with E-state index in [4.69, 9.17) is 14.2 Å². The molecular formula is C13H20O3. The molecule has 0 saturated heterocycles. The zero-order chi connectivity index (χ0) is 12.3. The van der Waals surface area contributed by atoms with Crippen LogP contribution in [0.1, 0.15) is 30.9 Å². The van der Waals surface area contributed by atoms with Crippen LogP contribution in [0.15, 0.2) is 6.07 Å². The van der Waals surface area contributed by atoms with Crippen molar-refractivity contribution in [1.82, 2.24) is 0 Å². The molecule has 1 aromatic carbocycles. The quantitative estimate of drug-likeness (QED) is 0.786. The molecule has 1 aromatic rings. The van der Waals surface area contributed by atoms with Gasteiger partial charge >= 0.3 is 0 Å². The molecule has 0 radical (unpaired) electrons. The summed E-state index contributed by atoms with van der Waals surface area (Å²) in [5.41, 5.74) is 2.12. The molecule has 16 heavy (non-hydrogen) atoms. The summed E-state index contributed by atoms with van der Waals surface area (Å²) < 4.78 is 16.2. The van der Waals surface area contributed by atoms with Crippen molar-refractivity contribution in [3.63, 3.8) is 0 Å². The van der Waals surface area contributed by atoms with Crippen LogP contribution < -0.4 is 14.2 Å². The van der Waals surface area contributed by atoms with Gasteiger partial charge in [-0.15, -0.1) is 0 Å². The minimum Gasteiger partial charge on any atom is -0.496 e. The Morgan fingerprint density at radius 2 is 1.50 bits per heavy atom. The van der Waals surface area contributed by atoms with Gasteiger partial charge in [-0.25, -0.2) is 0 Å². The molecule has 0 heterocycles. The first-order chi connectivity index (χ1) is 7.56. The summed E-state index contributed by atoms with van der Waals surface area (Å²) in [6.07, 6.45) is 0. The minimum atomic E-state index is 0.318. The molecule has 0 spiro atoms. The lowest BCUT2D eigenvalue weighted by molar-refractivity contribution is 0.340. The van der Waals surface area contributed by atoms with Crippen LogP contribution in [0.5, 0.6) is 17.2 Å². The number of hydrogen-bond acceptors (Lipinski definition) is 3. The first kappa shape index (κ1) is 12.7. The van der Waals surface area contributed by atoms with E-state index < -0.39 is 0 Å². The third kappa shape index (κ3) is 2.08. The van der Waals surface area contributed by atoms with Crippen molar-refractivity contribution < 1.29 is 14.2 Å². The summed E-state index contributed by atoms with van der Waals surface area (Å²) in [6.45, 7) is 6.23. The van der Waals surface area contributed by atoms with E-state index in [1.807, 2.05) is 13.0 Å². The maximum Gasteiger partial charge on any atom is 0.167 e. The monoisotopic (exact) mass is 224 g/mol. The molecule has 3 nitrogen and oxygen atoms in total. The van der Waals surface area contributed by atoms with Crippen LogP contribution >= 0.6 is 0 Å². The average molecular weight is 224 g/mol. The zero-order valence-electron chi connectivity index (χ0n) is 10.9. The van der Waals surface area contributed by atoms with E-state index in [1.54, 1.807) is 21.3 Å². The van der Waals surface area contributed by atoms with Crippen LogP contribution in [0, 0.1) is 6.92 Å². The molecule has 0 aromatic heterocycles. The minimum absolute atomic E-state index is 0.318. The second-order valence-corrected chi connectivity index (χ2v) is 4.03. The standard InChI is InChI=1S/C13H20O3/c1-8(2)11-12(15-5)9(3)7-10(14-4)13(11)16-6/h7-8H,1-6H3. The zero-order valence-corrected chi connectivity index (χ0v) is 10.9. The molecule has 0 aliphatic carbocycles.